The number of aryl methyl sites for hydroxylation is 2. The standard InChI is InChI=1S/C14H20N6O3/c1-4-20-6-10(5-15-20)23-12-8-22-7-11(12)16-14(21)13-9(2)19(3)18-17-13/h5-6,11-12H,4,7-8H2,1-3H3,(H,16,21)/t11-,12+/m0/s1. The minimum atomic E-state index is -0.274. The lowest BCUT2D eigenvalue weighted by molar-refractivity contribution is 0.0898. The zero-order valence-electron chi connectivity index (χ0n) is 13.4. The molecule has 3 rings (SSSR count). The number of amides is 1. The van der Waals surface area contributed by atoms with E-state index in [0.29, 0.717) is 30.4 Å². The van der Waals surface area contributed by atoms with Gasteiger partial charge in [-0.15, -0.1) is 5.10 Å². The molecule has 9 heteroatoms. The number of aromatic nitrogens is 5. The summed E-state index contributed by atoms with van der Waals surface area (Å²) in [5.41, 5.74) is 1.03. The van der Waals surface area contributed by atoms with Gasteiger partial charge in [-0.05, 0) is 13.8 Å². The van der Waals surface area contributed by atoms with Gasteiger partial charge in [0.1, 0.15) is 6.10 Å². The van der Waals surface area contributed by atoms with E-state index in [2.05, 4.69) is 20.7 Å². The highest BCUT2D eigenvalue weighted by atomic mass is 16.5. The van der Waals surface area contributed by atoms with Crippen LogP contribution in [0.5, 0.6) is 5.75 Å². The first-order valence-electron chi connectivity index (χ1n) is 7.52. The molecule has 0 aromatic carbocycles. The van der Waals surface area contributed by atoms with Crippen LogP contribution in [0, 0.1) is 6.92 Å². The van der Waals surface area contributed by atoms with Crippen molar-refractivity contribution in [2.24, 2.45) is 7.05 Å². The van der Waals surface area contributed by atoms with Gasteiger partial charge in [0.15, 0.2) is 11.4 Å². The van der Waals surface area contributed by atoms with Crippen LogP contribution < -0.4 is 10.1 Å². The third kappa shape index (κ3) is 3.19. The van der Waals surface area contributed by atoms with Crippen molar-refractivity contribution in [2.45, 2.75) is 32.5 Å². The summed E-state index contributed by atoms with van der Waals surface area (Å²) < 4.78 is 14.7. The molecule has 124 valence electrons. The number of hydrogen-bond donors (Lipinski definition) is 1. The van der Waals surface area contributed by atoms with Gasteiger partial charge in [0, 0.05) is 13.6 Å². The Morgan fingerprint density at radius 3 is 3.00 bits per heavy atom. The van der Waals surface area contributed by atoms with Crippen molar-refractivity contribution in [3.05, 3.63) is 23.8 Å². The molecule has 1 N–H and O–H groups in total. The molecule has 1 aliphatic heterocycles. The molecule has 9 nitrogen and oxygen atoms in total. The van der Waals surface area contributed by atoms with Crippen LogP contribution in [0.25, 0.3) is 0 Å². The highest BCUT2D eigenvalue weighted by molar-refractivity contribution is 5.93. The van der Waals surface area contributed by atoms with Crippen molar-refractivity contribution >= 4 is 5.91 Å². The first kappa shape index (κ1) is 15.5. The first-order valence-corrected chi connectivity index (χ1v) is 7.52. The number of carbonyl (C=O) groups is 1. The second kappa shape index (κ2) is 6.37. The van der Waals surface area contributed by atoms with E-state index in [-0.39, 0.29) is 18.1 Å². The molecule has 2 aromatic heterocycles. The maximum Gasteiger partial charge on any atom is 0.274 e. The zero-order valence-corrected chi connectivity index (χ0v) is 13.4. The molecule has 0 unspecified atom stereocenters. The van der Waals surface area contributed by atoms with Crippen LogP contribution in [0.4, 0.5) is 0 Å². The summed E-state index contributed by atoms with van der Waals surface area (Å²) in [5, 5.41) is 14.8. The van der Waals surface area contributed by atoms with Gasteiger partial charge < -0.3 is 14.8 Å². The number of nitrogens with one attached hydrogen (secondary N) is 1. The number of hydrogen-bond acceptors (Lipinski definition) is 6. The Kier molecular flexibility index (Phi) is 4.28. The fourth-order valence-corrected chi connectivity index (χ4v) is 2.39. The lowest BCUT2D eigenvalue weighted by Crippen LogP contribution is -2.45. The molecule has 3 heterocycles. The van der Waals surface area contributed by atoms with Crippen LogP contribution in [0.1, 0.15) is 23.1 Å². The largest absolute Gasteiger partial charge is 0.482 e. The average molecular weight is 320 g/mol. The summed E-state index contributed by atoms with van der Waals surface area (Å²) in [6.07, 6.45) is 3.22. The van der Waals surface area contributed by atoms with E-state index in [1.807, 2.05) is 13.1 Å². The van der Waals surface area contributed by atoms with E-state index < -0.39 is 0 Å². The minimum Gasteiger partial charge on any atom is -0.482 e. The van der Waals surface area contributed by atoms with Crippen LogP contribution in [0.2, 0.25) is 0 Å². The summed E-state index contributed by atoms with van der Waals surface area (Å²) in [4.78, 5) is 12.3. The summed E-state index contributed by atoms with van der Waals surface area (Å²) in [6, 6.07) is -0.242. The van der Waals surface area contributed by atoms with Crippen LogP contribution in [-0.4, -0.2) is 56.0 Å². The molecule has 0 saturated carbocycles. The molecule has 1 fully saturated rings. The first-order chi connectivity index (χ1) is 11.1. The SMILES string of the molecule is CCn1cc(O[C@@H]2COC[C@@H]2NC(=O)c2nnn(C)c2C)cn1. The summed E-state index contributed by atoms with van der Waals surface area (Å²) in [6.45, 7) is 5.39. The van der Waals surface area contributed by atoms with E-state index in [9.17, 15) is 4.79 Å². The molecule has 0 spiro atoms. The van der Waals surface area contributed by atoms with Crippen molar-refractivity contribution in [2.75, 3.05) is 13.2 Å². The maximum absolute atomic E-state index is 12.3. The maximum atomic E-state index is 12.3. The van der Waals surface area contributed by atoms with Gasteiger partial charge in [0.05, 0.1) is 37.3 Å². The Bertz CT molecular complexity index is 694. The van der Waals surface area contributed by atoms with E-state index in [1.165, 1.54) is 0 Å². The second-order valence-electron chi connectivity index (χ2n) is 5.45. The Hall–Kier alpha value is -2.42. The molecular formula is C14H20N6O3. The molecule has 1 saturated heterocycles. The Balaban J connectivity index is 1.64. The Labute approximate surface area is 133 Å². The highest BCUT2D eigenvalue weighted by Gasteiger charge is 2.33. The molecule has 1 aliphatic rings. The van der Waals surface area contributed by atoms with Crippen molar-refractivity contribution in [3.8, 4) is 5.75 Å². The highest BCUT2D eigenvalue weighted by Crippen LogP contribution is 2.17. The molecule has 0 bridgehead atoms. The van der Waals surface area contributed by atoms with Gasteiger partial charge in [-0.1, -0.05) is 5.21 Å². The lowest BCUT2D eigenvalue weighted by atomic mass is 10.2. The van der Waals surface area contributed by atoms with Crippen molar-refractivity contribution in [3.63, 3.8) is 0 Å². The van der Waals surface area contributed by atoms with Gasteiger partial charge >= 0.3 is 0 Å². The predicted molar refractivity (Wildman–Crippen MR) is 80.1 cm³/mol. The second-order valence-corrected chi connectivity index (χ2v) is 5.45. The van der Waals surface area contributed by atoms with Gasteiger partial charge in [0.2, 0.25) is 0 Å². The Morgan fingerprint density at radius 2 is 2.35 bits per heavy atom. The average Bonchev–Trinajstić information content (AvgIpc) is 3.23. The van der Waals surface area contributed by atoms with Gasteiger partial charge in [-0.25, -0.2) is 0 Å². The molecule has 0 radical (unpaired) electrons. The molecular weight excluding hydrogens is 300 g/mol. The molecule has 2 atom stereocenters. The summed E-state index contributed by atoms with van der Waals surface area (Å²) in [7, 11) is 1.75. The Morgan fingerprint density at radius 1 is 1.52 bits per heavy atom. The molecule has 2 aromatic rings. The minimum absolute atomic E-state index is 0.242. The zero-order chi connectivity index (χ0) is 16.4. The molecule has 0 aliphatic carbocycles. The fraction of sp³-hybridized carbons (Fsp3) is 0.571. The van der Waals surface area contributed by atoms with E-state index in [1.54, 1.807) is 29.5 Å². The van der Waals surface area contributed by atoms with Gasteiger partial charge in [-0.2, -0.15) is 5.10 Å². The molecule has 1 amide bonds. The van der Waals surface area contributed by atoms with Crippen molar-refractivity contribution in [1.82, 2.24) is 30.1 Å². The van der Waals surface area contributed by atoms with Crippen LogP contribution >= 0.6 is 0 Å². The van der Waals surface area contributed by atoms with Crippen LogP contribution in [-0.2, 0) is 18.3 Å². The number of nitrogens with zero attached hydrogens (tertiary/aromatic N) is 5. The van der Waals surface area contributed by atoms with E-state index in [0.717, 1.165) is 6.54 Å². The fourth-order valence-electron chi connectivity index (χ4n) is 2.39. The number of carbonyl (C=O) groups excluding carboxylic acids is 1. The van der Waals surface area contributed by atoms with Crippen LogP contribution in [0.15, 0.2) is 12.4 Å². The van der Waals surface area contributed by atoms with Crippen LogP contribution in [0.3, 0.4) is 0 Å². The number of rotatable bonds is 5. The lowest BCUT2D eigenvalue weighted by Gasteiger charge is -2.19. The van der Waals surface area contributed by atoms with Gasteiger partial charge in [0.25, 0.3) is 5.91 Å². The third-order valence-corrected chi connectivity index (χ3v) is 3.89. The summed E-state index contributed by atoms with van der Waals surface area (Å²) >= 11 is 0. The van der Waals surface area contributed by atoms with Crippen molar-refractivity contribution in [1.29, 1.82) is 0 Å². The quantitative estimate of drug-likeness (QED) is 0.827. The normalized spacial score (nSPS) is 20.7. The molecule has 23 heavy (non-hydrogen) atoms. The third-order valence-electron chi connectivity index (χ3n) is 3.89. The number of ether oxygens (including phenoxy) is 2. The van der Waals surface area contributed by atoms with Crippen molar-refractivity contribution < 1.29 is 14.3 Å². The topological polar surface area (TPSA) is 96.1 Å². The predicted octanol–water partition coefficient (Wildman–Crippen LogP) is -0.0839. The monoisotopic (exact) mass is 320 g/mol. The summed E-state index contributed by atoms with van der Waals surface area (Å²) in [5.74, 6) is 0.390. The van der Waals surface area contributed by atoms with E-state index >= 15 is 0 Å². The van der Waals surface area contributed by atoms with E-state index in [4.69, 9.17) is 9.47 Å². The van der Waals surface area contributed by atoms with Gasteiger partial charge in [-0.3, -0.25) is 14.2 Å². The smallest absolute Gasteiger partial charge is 0.274 e.